The fraction of sp³-hybridized carbons (Fsp3) is 0.200. The molecule has 5 heteroatoms. The van der Waals surface area contributed by atoms with Gasteiger partial charge in [-0.15, -0.1) is 11.8 Å². The maximum Gasteiger partial charge on any atom is 0.234 e. The fourth-order valence-corrected chi connectivity index (χ4v) is 3.71. The molecule has 2 amide bonds. The minimum Gasteiger partial charge on any atom is -0.344 e. The first kappa shape index (κ1) is 21.7. The molecule has 0 aliphatic heterocycles. The molecular weight excluding hydrogens is 392 g/mol. The van der Waals surface area contributed by atoms with Crippen molar-refractivity contribution >= 4 is 29.3 Å². The second kappa shape index (κ2) is 10.6. The fourth-order valence-electron chi connectivity index (χ4n) is 3.02. The van der Waals surface area contributed by atoms with Gasteiger partial charge in [0.15, 0.2) is 0 Å². The number of amides is 2. The van der Waals surface area contributed by atoms with E-state index < -0.39 is 0 Å². The zero-order valence-corrected chi connectivity index (χ0v) is 18.0. The van der Waals surface area contributed by atoms with Gasteiger partial charge in [-0.2, -0.15) is 0 Å². The summed E-state index contributed by atoms with van der Waals surface area (Å²) in [5.74, 6) is -0.00362. The average molecular weight is 419 g/mol. The molecule has 0 bridgehead atoms. The van der Waals surface area contributed by atoms with E-state index in [0.717, 1.165) is 22.4 Å². The smallest absolute Gasteiger partial charge is 0.234 e. The van der Waals surface area contributed by atoms with Gasteiger partial charge in [-0.3, -0.25) is 9.59 Å². The van der Waals surface area contributed by atoms with E-state index in [-0.39, 0.29) is 28.9 Å². The highest BCUT2D eigenvalue weighted by molar-refractivity contribution is 8.01. The van der Waals surface area contributed by atoms with Crippen LogP contribution >= 0.6 is 11.8 Å². The van der Waals surface area contributed by atoms with Crippen LogP contribution in [0.5, 0.6) is 0 Å². The Labute approximate surface area is 182 Å². The molecule has 1 atom stereocenters. The molecule has 2 N–H and O–H groups in total. The highest BCUT2D eigenvalue weighted by Crippen LogP contribution is 2.23. The normalized spacial score (nSPS) is 11.7. The molecule has 3 aromatic rings. The van der Waals surface area contributed by atoms with E-state index >= 15 is 0 Å². The van der Waals surface area contributed by atoms with Crippen molar-refractivity contribution in [2.75, 3.05) is 11.1 Å². The summed E-state index contributed by atoms with van der Waals surface area (Å²) in [7, 11) is 0. The lowest BCUT2D eigenvalue weighted by Gasteiger charge is -2.22. The number of anilines is 1. The number of thioether (sulfide) groups is 1. The van der Waals surface area contributed by atoms with E-state index in [4.69, 9.17) is 0 Å². The summed E-state index contributed by atoms with van der Waals surface area (Å²) in [6.07, 6.45) is 0. The van der Waals surface area contributed by atoms with Gasteiger partial charge < -0.3 is 10.6 Å². The summed E-state index contributed by atoms with van der Waals surface area (Å²) in [6, 6.07) is 27.2. The van der Waals surface area contributed by atoms with Gasteiger partial charge in [-0.1, -0.05) is 78.4 Å². The topological polar surface area (TPSA) is 58.2 Å². The lowest BCUT2D eigenvalue weighted by Crippen LogP contribution is -2.35. The Morgan fingerprint density at radius 1 is 0.833 bits per heavy atom. The van der Waals surface area contributed by atoms with Crippen LogP contribution in [0.3, 0.4) is 0 Å². The van der Waals surface area contributed by atoms with Crippen LogP contribution in [0.4, 0.5) is 5.69 Å². The van der Waals surface area contributed by atoms with Gasteiger partial charge in [0, 0.05) is 5.69 Å². The van der Waals surface area contributed by atoms with Gasteiger partial charge in [0.2, 0.25) is 11.8 Å². The average Bonchev–Trinajstić information content (AvgIpc) is 2.78. The summed E-state index contributed by atoms with van der Waals surface area (Å²) < 4.78 is 0. The first-order chi connectivity index (χ1) is 14.5. The molecule has 0 aromatic heterocycles. The monoisotopic (exact) mass is 418 g/mol. The molecule has 0 radical (unpaired) electrons. The van der Waals surface area contributed by atoms with Crippen LogP contribution in [0.1, 0.15) is 29.7 Å². The van der Waals surface area contributed by atoms with Crippen molar-refractivity contribution in [1.82, 2.24) is 5.32 Å². The Morgan fingerprint density at radius 3 is 1.90 bits per heavy atom. The number of benzene rings is 3. The molecule has 1 unspecified atom stereocenters. The molecule has 0 spiro atoms. The van der Waals surface area contributed by atoms with Gasteiger partial charge in [-0.05, 0) is 37.1 Å². The zero-order valence-electron chi connectivity index (χ0n) is 17.2. The van der Waals surface area contributed by atoms with Crippen LogP contribution in [-0.4, -0.2) is 22.8 Å². The van der Waals surface area contributed by atoms with Crippen molar-refractivity contribution in [3.8, 4) is 0 Å². The van der Waals surface area contributed by atoms with Gasteiger partial charge in [-0.25, -0.2) is 0 Å². The lowest BCUT2D eigenvalue weighted by molar-refractivity contribution is -0.120. The molecular formula is C25H26N2O2S. The van der Waals surface area contributed by atoms with Crippen molar-refractivity contribution in [2.45, 2.75) is 25.1 Å². The summed E-state index contributed by atoms with van der Waals surface area (Å²) in [6.45, 7) is 3.83. The third-order valence-corrected chi connectivity index (χ3v) is 5.86. The zero-order chi connectivity index (χ0) is 21.3. The molecule has 0 aliphatic carbocycles. The predicted octanol–water partition coefficient (Wildman–Crippen LogP) is 4.96. The molecule has 0 aliphatic rings. The summed E-state index contributed by atoms with van der Waals surface area (Å²) in [4.78, 5) is 25.1. The maximum absolute atomic E-state index is 12.8. The van der Waals surface area contributed by atoms with E-state index in [9.17, 15) is 9.59 Å². The van der Waals surface area contributed by atoms with Gasteiger partial charge in [0.1, 0.15) is 0 Å². The number of rotatable bonds is 8. The van der Waals surface area contributed by atoms with E-state index in [1.54, 1.807) is 0 Å². The molecule has 3 rings (SSSR count). The first-order valence-electron chi connectivity index (χ1n) is 9.91. The van der Waals surface area contributed by atoms with Crippen LogP contribution in [0.2, 0.25) is 0 Å². The minimum absolute atomic E-state index is 0.0964. The first-order valence-corrected chi connectivity index (χ1v) is 11.0. The van der Waals surface area contributed by atoms with Crippen molar-refractivity contribution in [3.05, 3.63) is 102 Å². The van der Waals surface area contributed by atoms with Crippen molar-refractivity contribution < 1.29 is 9.59 Å². The second-order valence-electron chi connectivity index (χ2n) is 7.13. The van der Waals surface area contributed by atoms with E-state index in [2.05, 4.69) is 10.6 Å². The Hall–Kier alpha value is -3.05. The second-order valence-corrected chi connectivity index (χ2v) is 8.46. The number of hydrogen-bond donors (Lipinski definition) is 2. The quantitative estimate of drug-likeness (QED) is 0.544. The maximum atomic E-state index is 12.8. The van der Waals surface area contributed by atoms with Gasteiger partial charge >= 0.3 is 0 Å². The Kier molecular flexibility index (Phi) is 7.69. The molecule has 0 saturated heterocycles. The van der Waals surface area contributed by atoms with Gasteiger partial charge in [0.05, 0.1) is 17.0 Å². The van der Waals surface area contributed by atoms with Gasteiger partial charge in [0.25, 0.3) is 0 Å². The Balaban J connectivity index is 1.58. The Morgan fingerprint density at radius 2 is 1.37 bits per heavy atom. The predicted molar refractivity (Wildman–Crippen MR) is 125 cm³/mol. The van der Waals surface area contributed by atoms with Crippen LogP contribution in [0, 0.1) is 6.92 Å². The highest BCUT2D eigenvalue weighted by atomic mass is 32.2. The number of hydrogen-bond acceptors (Lipinski definition) is 3. The summed E-state index contributed by atoms with van der Waals surface area (Å²) in [5, 5.41) is 5.64. The molecule has 154 valence electrons. The molecule has 0 heterocycles. The number of carbonyl (C=O) groups excluding carboxylic acids is 2. The third-order valence-electron chi connectivity index (χ3n) is 4.72. The van der Waals surface area contributed by atoms with E-state index in [0.29, 0.717) is 0 Å². The third kappa shape index (κ3) is 6.22. The summed E-state index contributed by atoms with van der Waals surface area (Å²) in [5.41, 5.74) is 3.94. The number of aryl methyl sites for hydroxylation is 1. The van der Waals surface area contributed by atoms with E-state index in [1.807, 2.05) is 98.8 Å². The van der Waals surface area contributed by atoms with Crippen molar-refractivity contribution in [1.29, 1.82) is 0 Å². The molecule has 0 saturated carbocycles. The summed E-state index contributed by atoms with van der Waals surface area (Å²) >= 11 is 1.32. The van der Waals surface area contributed by atoms with Crippen LogP contribution < -0.4 is 10.6 Å². The number of carbonyl (C=O) groups is 2. The van der Waals surface area contributed by atoms with E-state index in [1.165, 1.54) is 11.8 Å². The number of nitrogens with one attached hydrogen (secondary N) is 2. The molecule has 4 nitrogen and oxygen atoms in total. The lowest BCUT2D eigenvalue weighted by atomic mass is 9.98. The van der Waals surface area contributed by atoms with Crippen LogP contribution in [0.15, 0.2) is 84.9 Å². The highest BCUT2D eigenvalue weighted by Gasteiger charge is 2.21. The molecule has 30 heavy (non-hydrogen) atoms. The van der Waals surface area contributed by atoms with Crippen molar-refractivity contribution in [2.24, 2.45) is 0 Å². The van der Waals surface area contributed by atoms with Crippen LogP contribution in [0.25, 0.3) is 0 Å². The van der Waals surface area contributed by atoms with Crippen molar-refractivity contribution in [3.63, 3.8) is 0 Å². The molecule has 0 fully saturated rings. The van der Waals surface area contributed by atoms with Crippen LogP contribution in [-0.2, 0) is 9.59 Å². The largest absolute Gasteiger partial charge is 0.344 e. The molecule has 3 aromatic carbocycles. The Bertz CT molecular complexity index is 920. The standard InChI is InChI=1S/C25H26N2O2S/c1-18-13-15-22(16-14-18)26-23(28)17-30-19(2)25(29)27-24(20-9-5-3-6-10-20)21-11-7-4-8-12-21/h3-16,19,24H,17H2,1-2H3,(H,26,28)(H,27,29). The SMILES string of the molecule is Cc1ccc(NC(=O)CSC(C)C(=O)NC(c2ccccc2)c2ccccc2)cc1. The minimum atomic E-state index is -0.358.